The van der Waals surface area contributed by atoms with E-state index in [1.54, 1.807) is 44.6 Å². The van der Waals surface area contributed by atoms with E-state index in [2.05, 4.69) is 11.1 Å². The number of aliphatic imine (C=N–C) groups is 1. The highest BCUT2D eigenvalue weighted by atomic mass is 16.7. The van der Waals surface area contributed by atoms with Crippen LogP contribution in [0.3, 0.4) is 0 Å². The number of allylic oxidation sites excluding steroid dienone is 1. The van der Waals surface area contributed by atoms with Gasteiger partial charge in [0.1, 0.15) is 22.8 Å². The molecule has 0 radical (unpaired) electrons. The standard InChI is InChI=1S/C29H33N3O5/c1-16(2)27(33)32-23-10-9-11-25(36-28(34)37-29(5,6)7)19(23)13-24(32)21-15-26(35-8)22(31-21)14-20-17(3)12-18(4)30-20/h9-16,30H,1-8H3. The van der Waals surface area contributed by atoms with E-state index in [1.165, 1.54) is 0 Å². The molecule has 0 fully saturated rings. The van der Waals surface area contributed by atoms with Crippen LogP contribution in [0.5, 0.6) is 5.75 Å². The van der Waals surface area contributed by atoms with Crippen LogP contribution in [0.15, 0.2) is 52.9 Å². The molecule has 0 atom stereocenters. The Balaban J connectivity index is 1.85. The molecule has 0 saturated carbocycles. The average molecular weight is 504 g/mol. The predicted octanol–water partition coefficient (Wildman–Crippen LogP) is 6.57. The van der Waals surface area contributed by atoms with Gasteiger partial charge in [0.05, 0.1) is 24.0 Å². The summed E-state index contributed by atoms with van der Waals surface area (Å²) in [6.45, 7) is 13.0. The molecule has 0 spiro atoms. The number of fused-ring (bicyclic) bond motifs is 1. The van der Waals surface area contributed by atoms with Crippen molar-refractivity contribution in [2.24, 2.45) is 10.9 Å². The molecule has 1 aliphatic heterocycles. The van der Waals surface area contributed by atoms with E-state index in [1.807, 2.05) is 52.0 Å². The molecule has 0 saturated heterocycles. The van der Waals surface area contributed by atoms with Gasteiger partial charge in [-0.2, -0.15) is 0 Å². The van der Waals surface area contributed by atoms with Gasteiger partial charge in [-0.3, -0.25) is 9.36 Å². The summed E-state index contributed by atoms with van der Waals surface area (Å²) in [6.07, 6.45) is 2.92. The summed E-state index contributed by atoms with van der Waals surface area (Å²) in [5.41, 5.74) is 4.77. The number of aromatic amines is 1. The molecule has 0 bridgehead atoms. The number of nitrogens with zero attached hydrogens (tertiary/aromatic N) is 2. The molecule has 3 heterocycles. The molecule has 194 valence electrons. The smallest absolute Gasteiger partial charge is 0.494 e. The number of benzene rings is 1. The second kappa shape index (κ2) is 9.76. The van der Waals surface area contributed by atoms with Crippen molar-refractivity contribution in [1.29, 1.82) is 0 Å². The van der Waals surface area contributed by atoms with E-state index in [0.29, 0.717) is 39.5 Å². The fourth-order valence-corrected chi connectivity index (χ4v) is 4.19. The number of aromatic nitrogens is 2. The zero-order valence-electron chi connectivity index (χ0n) is 22.6. The number of rotatable bonds is 5. The van der Waals surface area contributed by atoms with Crippen molar-refractivity contribution >= 4 is 34.8 Å². The van der Waals surface area contributed by atoms with Crippen LogP contribution in [-0.4, -0.2) is 40.0 Å². The zero-order chi connectivity index (χ0) is 27.1. The highest BCUT2D eigenvalue weighted by Crippen LogP contribution is 2.33. The Morgan fingerprint density at radius 1 is 1.14 bits per heavy atom. The van der Waals surface area contributed by atoms with Crippen LogP contribution in [0.25, 0.3) is 17.0 Å². The first kappa shape index (κ1) is 26.0. The van der Waals surface area contributed by atoms with E-state index >= 15 is 0 Å². The van der Waals surface area contributed by atoms with Crippen molar-refractivity contribution in [3.05, 3.63) is 70.5 Å². The van der Waals surface area contributed by atoms with Crippen LogP contribution >= 0.6 is 0 Å². The quantitative estimate of drug-likeness (QED) is 0.314. The number of methoxy groups -OCH3 is 1. The number of hydrogen-bond acceptors (Lipinski definition) is 6. The van der Waals surface area contributed by atoms with Gasteiger partial charge < -0.3 is 19.2 Å². The molecule has 1 aromatic carbocycles. The molecule has 0 amide bonds. The second-order valence-electron chi connectivity index (χ2n) is 10.4. The summed E-state index contributed by atoms with van der Waals surface area (Å²) in [4.78, 5) is 34.0. The van der Waals surface area contributed by atoms with Gasteiger partial charge in [0, 0.05) is 28.8 Å². The van der Waals surface area contributed by atoms with E-state index < -0.39 is 11.8 Å². The van der Waals surface area contributed by atoms with E-state index in [4.69, 9.17) is 19.2 Å². The van der Waals surface area contributed by atoms with Crippen LogP contribution in [0.1, 0.15) is 62.1 Å². The van der Waals surface area contributed by atoms with Crippen molar-refractivity contribution in [2.75, 3.05) is 7.11 Å². The lowest BCUT2D eigenvalue weighted by Gasteiger charge is -2.18. The summed E-state index contributed by atoms with van der Waals surface area (Å²) in [7, 11) is 1.59. The second-order valence-corrected chi connectivity index (χ2v) is 10.4. The summed E-state index contributed by atoms with van der Waals surface area (Å²) < 4.78 is 18.1. The lowest BCUT2D eigenvalue weighted by atomic mass is 10.2. The summed E-state index contributed by atoms with van der Waals surface area (Å²) in [6, 6.07) is 9.11. The van der Waals surface area contributed by atoms with Crippen molar-refractivity contribution in [2.45, 2.75) is 54.1 Å². The van der Waals surface area contributed by atoms with Gasteiger partial charge in [0.15, 0.2) is 0 Å². The number of carbonyl (C=O) groups is 2. The zero-order valence-corrected chi connectivity index (χ0v) is 22.6. The Labute approximate surface area is 216 Å². The molecule has 0 unspecified atom stereocenters. The number of H-pyrrole nitrogens is 1. The summed E-state index contributed by atoms with van der Waals surface area (Å²) >= 11 is 0. The third-order valence-corrected chi connectivity index (χ3v) is 5.82. The van der Waals surface area contributed by atoms with Crippen LogP contribution in [0.4, 0.5) is 4.79 Å². The SMILES string of the molecule is COC1=CC(c2cc3c(OC(=O)OC(C)(C)C)cccc3n2C(=O)C(C)C)=NC1=Cc1[nH]c(C)cc1C. The van der Waals surface area contributed by atoms with Crippen LogP contribution in [0.2, 0.25) is 0 Å². The molecule has 4 rings (SSSR count). The minimum atomic E-state index is -0.814. The van der Waals surface area contributed by atoms with Gasteiger partial charge in [-0.1, -0.05) is 19.9 Å². The Morgan fingerprint density at radius 2 is 1.86 bits per heavy atom. The lowest BCUT2D eigenvalue weighted by molar-refractivity contribution is 0.0209. The maximum atomic E-state index is 13.4. The first-order chi connectivity index (χ1) is 17.4. The minimum absolute atomic E-state index is 0.109. The van der Waals surface area contributed by atoms with Gasteiger partial charge in [-0.15, -0.1) is 0 Å². The third-order valence-electron chi connectivity index (χ3n) is 5.82. The highest BCUT2D eigenvalue weighted by Gasteiger charge is 2.27. The number of nitrogens with one attached hydrogen (secondary N) is 1. The largest absolute Gasteiger partial charge is 0.514 e. The number of carbonyl (C=O) groups excluding carboxylic acids is 2. The summed E-state index contributed by atoms with van der Waals surface area (Å²) in [5, 5.41) is 0.598. The first-order valence-corrected chi connectivity index (χ1v) is 12.2. The first-order valence-electron chi connectivity index (χ1n) is 12.2. The Hall–Kier alpha value is -4.07. The predicted molar refractivity (Wildman–Crippen MR) is 144 cm³/mol. The van der Waals surface area contributed by atoms with Gasteiger partial charge in [0.25, 0.3) is 0 Å². The van der Waals surface area contributed by atoms with Gasteiger partial charge in [-0.25, -0.2) is 9.79 Å². The maximum Gasteiger partial charge on any atom is 0.514 e. The average Bonchev–Trinajstić information content (AvgIpc) is 3.47. The van der Waals surface area contributed by atoms with Crippen LogP contribution in [0, 0.1) is 19.8 Å². The van der Waals surface area contributed by atoms with Crippen molar-refractivity contribution in [3.8, 4) is 5.75 Å². The number of ether oxygens (including phenoxy) is 3. The molecule has 3 aromatic rings. The monoisotopic (exact) mass is 503 g/mol. The van der Waals surface area contributed by atoms with Crippen LogP contribution in [-0.2, 0) is 9.47 Å². The maximum absolute atomic E-state index is 13.4. The number of aryl methyl sites for hydroxylation is 2. The fraction of sp³-hybridized carbons (Fsp3) is 0.345. The topological polar surface area (TPSA) is 94.9 Å². The molecular weight excluding hydrogens is 470 g/mol. The van der Waals surface area contributed by atoms with E-state index in [-0.39, 0.29) is 11.8 Å². The molecular formula is C29H33N3O5. The van der Waals surface area contributed by atoms with Gasteiger partial charge in [0.2, 0.25) is 5.91 Å². The van der Waals surface area contributed by atoms with Crippen LogP contribution < -0.4 is 4.74 Å². The molecule has 0 aliphatic carbocycles. The Kier molecular flexibility index (Phi) is 6.86. The fourth-order valence-electron chi connectivity index (χ4n) is 4.19. The van der Waals surface area contributed by atoms with Gasteiger partial charge >= 0.3 is 6.16 Å². The lowest BCUT2D eigenvalue weighted by Crippen LogP contribution is -2.26. The molecule has 1 N–H and O–H groups in total. The number of hydrogen-bond donors (Lipinski definition) is 1. The normalized spacial score (nSPS) is 14.8. The third kappa shape index (κ3) is 5.38. The summed E-state index contributed by atoms with van der Waals surface area (Å²) in [5.74, 6) is 0.492. The Bertz CT molecular complexity index is 1470. The molecule has 2 aromatic heterocycles. The van der Waals surface area contributed by atoms with E-state index in [0.717, 1.165) is 17.0 Å². The van der Waals surface area contributed by atoms with Crippen molar-refractivity contribution in [3.63, 3.8) is 0 Å². The highest BCUT2D eigenvalue weighted by molar-refractivity contribution is 6.16. The van der Waals surface area contributed by atoms with Crippen molar-refractivity contribution < 1.29 is 23.8 Å². The minimum Gasteiger partial charge on any atom is -0.494 e. The molecule has 1 aliphatic rings. The van der Waals surface area contributed by atoms with Crippen molar-refractivity contribution in [1.82, 2.24) is 9.55 Å². The van der Waals surface area contributed by atoms with E-state index in [9.17, 15) is 9.59 Å². The Morgan fingerprint density at radius 3 is 2.46 bits per heavy atom. The molecule has 8 heteroatoms. The van der Waals surface area contributed by atoms with Gasteiger partial charge in [-0.05, 0) is 70.5 Å². The molecule has 37 heavy (non-hydrogen) atoms. The molecule has 8 nitrogen and oxygen atoms in total.